The van der Waals surface area contributed by atoms with Crippen LogP contribution >= 0.6 is 0 Å². The zero-order valence-corrected chi connectivity index (χ0v) is 6.95. The van der Waals surface area contributed by atoms with Gasteiger partial charge in [0.2, 0.25) is 0 Å². The first-order valence-corrected chi connectivity index (χ1v) is 3.82. The van der Waals surface area contributed by atoms with Gasteiger partial charge in [-0.3, -0.25) is 0 Å². The van der Waals surface area contributed by atoms with E-state index in [0.717, 1.165) is 5.46 Å². The first-order valence-electron chi connectivity index (χ1n) is 3.82. The normalized spacial score (nSPS) is 9.75. The lowest BCUT2D eigenvalue weighted by Gasteiger charge is -2.01. The first-order chi connectivity index (χ1) is 5.74. The predicted octanol–water partition coefficient (Wildman–Crippen LogP) is 0.111. The van der Waals surface area contributed by atoms with Gasteiger partial charge in [0, 0.05) is 6.61 Å². The Morgan fingerprint density at radius 1 is 1.33 bits per heavy atom. The fourth-order valence-electron chi connectivity index (χ4n) is 0.879. The summed E-state index contributed by atoms with van der Waals surface area (Å²) < 4.78 is 5.12. The van der Waals surface area contributed by atoms with Crippen molar-refractivity contribution in [2.24, 2.45) is 0 Å². The molecule has 0 aromatic heterocycles. The van der Waals surface area contributed by atoms with Crippen molar-refractivity contribution >= 4 is 12.9 Å². The molecular formula is C8H11BO3. The SMILES string of the molecule is CCOBc1ccc(O)c(O)c1. The van der Waals surface area contributed by atoms with Gasteiger partial charge in [0.1, 0.15) is 0 Å². The molecule has 0 amide bonds. The van der Waals surface area contributed by atoms with Gasteiger partial charge in [-0.25, -0.2) is 0 Å². The lowest BCUT2D eigenvalue weighted by atomic mass is 9.88. The van der Waals surface area contributed by atoms with E-state index < -0.39 is 0 Å². The highest BCUT2D eigenvalue weighted by Crippen LogP contribution is 2.20. The second kappa shape index (κ2) is 4.02. The zero-order valence-electron chi connectivity index (χ0n) is 6.95. The molecule has 1 aromatic carbocycles. The largest absolute Gasteiger partial charge is 0.504 e. The Kier molecular flexibility index (Phi) is 2.99. The molecule has 0 spiro atoms. The maximum atomic E-state index is 9.09. The van der Waals surface area contributed by atoms with Gasteiger partial charge in [-0.1, -0.05) is 6.07 Å². The van der Waals surface area contributed by atoms with Crippen LogP contribution in [-0.2, 0) is 4.65 Å². The Bertz CT molecular complexity index is 262. The van der Waals surface area contributed by atoms with Crippen molar-refractivity contribution in [1.29, 1.82) is 0 Å². The average molecular weight is 166 g/mol. The molecule has 0 atom stereocenters. The van der Waals surface area contributed by atoms with E-state index in [9.17, 15) is 0 Å². The third kappa shape index (κ3) is 2.17. The summed E-state index contributed by atoms with van der Waals surface area (Å²) in [5.41, 5.74) is 0.854. The molecule has 64 valence electrons. The number of hydrogen-bond donors (Lipinski definition) is 2. The number of rotatable bonds is 3. The van der Waals surface area contributed by atoms with Crippen LogP contribution in [0.4, 0.5) is 0 Å². The smallest absolute Gasteiger partial charge is 0.308 e. The highest BCUT2D eigenvalue weighted by atomic mass is 16.4. The fourth-order valence-corrected chi connectivity index (χ4v) is 0.879. The van der Waals surface area contributed by atoms with E-state index in [1.165, 1.54) is 12.1 Å². The number of aromatic hydroxyl groups is 2. The minimum absolute atomic E-state index is 0.102. The summed E-state index contributed by atoms with van der Waals surface area (Å²) in [7, 11) is 0.463. The summed E-state index contributed by atoms with van der Waals surface area (Å²) in [6.07, 6.45) is 0. The van der Waals surface area contributed by atoms with E-state index in [2.05, 4.69) is 0 Å². The first kappa shape index (κ1) is 8.94. The van der Waals surface area contributed by atoms with Crippen molar-refractivity contribution in [3.05, 3.63) is 18.2 Å². The average Bonchev–Trinajstić information content (AvgIpc) is 2.07. The van der Waals surface area contributed by atoms with E-state index in [0.29, 0.717) is 14.1 Å². The third-order valence-corrected chi connectivity index (χ3v) is 1.51. The maximum Gasteiger partial charge on any atom is 0.308 e. The van der Waals surface area contributed by atoms with E-state index >= 15 is 0 Å². The Labute approximate surface area is 71.9 Å². The van der Waals surface area contributed by atoms with Gasteiger partial charge in [-0.05, 0) is 24.5 Å². The molecule has 12 heavy (non-hydrogen) atoms. The van der Waals surface area contributed by atoms with Gasteiger partial charge in [0.15, 0.2) is 11.5 Å². The number of phenolic OH excluding ortho intramolecular Hbond substituents is 2. The molecule has 0 aliphatic rings. The quantitative estimate of drug-likeness (QED) is 0.494. The van der Waals surface area contributed by atoms with Crippen LogP contribution < -0.4 is 5.46 Å². The van der Waals surface area contributed by atoms with Crippen LogP contribution in [0.15, 0.2) is 18.2 Å². The van der Waals surface area contributed by atoms with Crippen molar-refractivity contribution in [2.75, 3.05) is 6.61 Å². The van der Waals surface area contributed by atoms with Gasteiger partial charge in [-0.15, -0.1) is 0 Å². The van der Waals surface area contributed by atoms with E-state index in [4.69, 9.17) is 14.9 Å². The number of benzene rings is 1. The molecule has 0 aliphatic carbocycles. The molecule has 0 aliphatic heterocycles. The second-order valence-corrected chi connectivity index (χ2v) is 2.46. The van der Waals surface area contributed by atoms with Crippen LogP contribution in [0, 0.1) is 0 Å². The van der Waals surface area contributed by atoms with Crippen LogP contribution in [0.1, 0.15) is 6.92 Å². The Balaban J connectivity index is 2.69. The molecule has 2 N–H and O–H groups in total. The molecule has 0 heterocycles. The number of hydrogen-bond acceptors (Lipinski definition) is 3. The van der Waals surface area contributed by atoms with Crippen LogP contribution in [0.5, 0.6) is 11.5 Å². The summed E-state index contributed by atoms with van der Waals surface area (Å²) in [5, 5.41) is 18.1. The molecule has 0 fully saturated rings. The van der Waals surface area contributed by atoms with Gasteiger partial charge < -0.3 is 14.9 Å². The molecule has 0 radical (unpaired) electrons. The molecule has 3 nitrogen and oxygen atoms in total. The van der Waals surface area contributed by atoms with Crippen LogP contribution in [0.25, 0.3) is 0 Å². The molecule has 0 bridgehead atoms. The molecule has 1 aromatic rings. The minimum Gasteiger partial charge on any atom is -0.504 e. The summed E-state index contributed by atoms with van der Waals surface area (Å²) in [5.74, 6) is -0.206. The summed E-state index contributed by atoms with van der Waals surface area (Å²) in [6, 6.07) is 4.65. The summed E-state index contributed by atoms with van der Waals surface area (Å²) in [6.45, 7) is 2.54. The molecule has 4 heteroatoms. The summed E-state index contributed by atoms with van der Waals surface area (Å²) >= 11 is 0. The van der Waals surface area contributed by atoms with Crippen molar-refractivity contribution in [1.82, 2.24) is 0 Å². The van der Waals surface area contributed by atoms with Crippen LogP contribution in [-0.4, -0.2) is 24.3 Å². The van der Waals surface area contributed by atoms with Crippen molar-refractivity contribution < 1.29 is 14.9 Å². The predicted molar refractivity (Wildman–Crippen MR) is 48.2 cm³/mol. The van der Waals surface area contributed by atoms with Gasteiger partial charge in [-0.2, -0.15) is 0 Å². The Hall–Kier alpha value is -1.16. The van der Waals surface area contributed by atoms with Gasteiger partial charge >= 0.3 is 7.48 Å². The molecule has 0 unspecified atom stereocenters. The van der Waals surface area contributed by atoms with Gasteiger partial charge in [0.25, 0.3) is 0 Å². The standard InChI is InChI=1S/C8H11BO3/c1-2-12-9-6-3-4-7(10)8(11)5-6/h3-5,9-11H,2H2,1H3. The molecular weight excluding hydrogens is 155 g/mol. The Morgan fingerprint density at radius 3 is 2.67 bits per heavy atom. The highest BCUT2D eigenvalue weighted by molar-refractivity contribution is 6.47. The number of phenols is 2. The van der Waals surface area contributed by atoms with Crippen molar-refractivity contribution in [3.8, 4) is 11.5 Å². The van der Waals surface area contributed by atoms with Crippen LogP contribution in [0.3, 0.4) is 0 Å². The molecule has 1 rings (SSSR count). The fraction of sp³-hybridized carbons (Fsp3) is 0.250. The second-order valence-electron chi connectivity index (χ2n) is 2.46. The van der Waals surface area contributed by atoms with Gasteiger partial charge in [0.05, 0.1) is 0 Å². The van der Waals surface area contributed by atoms with Crippen LogP contribution in [0.2, 0.25) is 0 Å². The zero-order chi connectivity index (χ0) is 8.97. The van der Waals surface area contributed by atoms with Crippen molar-refractivity contribution in [3.63, 3.8) is 0 Å². The van der Waals surface area contributed by atoms with E-state index in [1.807, 2.05) is 6.92 Å². The summed E-state index contributed by atoms with van der Waals surface area (Å²) in [4.78, 5) is 0. The van der Waals surface area contributed by atoms with E-state index in [-0.39, 0.29) is 11.5 Å². The lowest BCUT2D eigenvalue weighted by molar-refractivity contribution is 0.367. The topological polar surface area (TPSA) is 49.7 Å². The molecule has 0 saturated carbocycles. The van der Waals surface area contributed by atoms with Crippen molar-refractivity contribution in [2.45, 2.75) is 6.92 Å². The minimum atomic E-state index is -0.104. The third-order valence-electron chi connectivity index (χ3n) is 1.51. The lowest BCUT2D eigenvalue weighted by Crippen LogP contribution is -2.16. The maximum absolute atomic E-state index is 9.09. The Morgan fingerprint density at radius 2 is 2.08 bits per heavy atom. The van der Waals surface area contributed by atoms with E-state index in [1.54, 1.807) is 6.07 Å². The molecule has 0 saturated heterocycles. The highest BCUT2D eigenvalue weighted by Gasteiger charge is 2.01. The monoisotopic (exact) mass is 166 g/mol.